The molecule has 0 aliphatic carbocycles. The lowest BCUT2D eigenvalue weighted by Gasteiger charge is -2.34. The van der Waals surface area contributed by atoms with E-state index in [2.05, 4.69) is 22.5 Å². The van der Waals surface area contributed by atoms with Crippen LogP contribution in [-0.4, -0.2) is 89.3 Å². The number of guanidine groups is 1. The molecule has 2 aliphatic heterocycles. The topological polar surface area (TPSA) is 67.4 Å². The summed E-state index contributed by atoms with van der Waals surface area (Å²) < 4.78 is 16.6. The summed E-state index contributed by atoms with van der Waals surface area (Å²) in [6.45, 7) is 11.0. The number of ether oxygens (including phenoxy) is 3. The van der Waals surface area contributed by atoms with Gasteiger partial charge >= 0.3 is 0 Å². The van der Waals surface area contributed by atoms with Gasteiger partial charge < -0.3 is 24.8 Å². The van der Waals surface area contributed by atoms with Gasteiger partial charge in [0.1, 0.15) is 0 Å². The summed E-state index contributed by atoms with van der Waals surface area (Å²) in [4.78, 5) is 7.20. The summed E-state index contributed by atoms with van der Waals surface area (Å²) >= 11 is 0. The highest BCUT2D eigenvalue weighted by molar-refractivity contribution is 14.0. The molecule has 0 unspecified atom stereocenters. The summed E-state index contributed by atoms with van der Waals surface area (Å²) in [5, 5.41) is 6.76. The van der Waals surface area contributed by atoms with Gasteiger partial charge in [-0.05, 0) is 19.9 Å². The summed E-state index contributed by atoms with van der Waals surface area (Å²) in [5.41, 5.74) is -0.172. The summed E-state index contributed by atoms with van der Waals surface area (Å²) in [5.74, 6) is 0.877. The maximum Gasteiger partial charge on any atom is 0.191 e. The van der Waals surface area contributed by atoms with Gasteiger partial charge in [0.2, 0.25) is 0 Å². The number of halogens is 1. The zero-order valence-electron chi connectivity index (χ0n) is 15.7. The lowest BCUT2D eigenvalue weighted by molar-refractivity contribution is -0.0828. The monoisotopic (exact) mass is 470 g/mol. The second-order valence-corrected chi connectivity index (χ2v) is 6.43. The van der Waals surface area contributed by atoms with Crippen LogP contribution < -0.4 is 10.6 Å². The van der Waals surface area contributed by atoms with E-state index in [4.69, 9.17) is 19.2 Å². The smallest absolute Gasteiger partial charge is 0.191 e. The quantitative estimate of drug-likeness (QED) is 0.240. The molecular weight excluding hydrogens is 435 g/mol. The lowest BCUT2D eigenvalue weighted by atomic mass is 9.94. The molecule has 2 heterocycles. The second-order valence-electron chi connectivity index (χ2n) is 6.43. The van der Waals surface area contributed by atoms with E-state index in [1.807, 2.05) is 0 Å². The van der Waals surface area contributed by atoms with Crippen LogP contribution in [0.2, 0.25) is 0 Å². The minimum atomic E-state index is -0.172. The van der Waals surface area contributed by atoms with Crippen molar-refractivity contribution in [3.8, 4) is 0 Å². The number of aliphatic imine (C=N–C) groups is 1. The Balaban J connectivity index is 0.00000312. The van der Waals surface area contributed by atoms with Gasteiger partial charge in [0.05, 0.1) is 25.4 Å². The standard InChI is InChI=1S/C17H34N4O3.HI/c1-3-18-16(19-7-4-8-21-9-13-24-14-10-21)20-15-17(22-2)5-11-23-12-6-17;/h3-15H2,1-2H3,(H2,18,19,20);1H. The van der Waals surface area contributed by atoms with Crippen LogP contribution in [0.25, 0.3) is 0 Å². The highest BCUT2D eigenvalue weighted by Crippen LogP contribution is 2.24. The van der Waals surface area contributed by atoms with Crippen LogP contribution in [0.4, 0.5) is 0 Å². The molecule has 8 heteroatoms. The minimum Gasteiger partial charge on any atom is -0.381 e. The molecule has 0 aromatic rings. The van der Waals surface area contributed by atoms with Crippen molar-refractivity contribution in [2.75, 3.05) is 72.8 Å². The van der Waals surface area contributed by atoms with Gasteiger partial charge in [-0.15, -0.1) is 24.0 Å². The molecule has 7 nitrogen and oxygen atoms in total. The zero-order chi connectivity index (χ0) is 17.1. The number of nitrogens with one attached hydrogen (secondary N) is 2. The molecule has 2 rings (SSSR count). The number of rotatable bonds is 8. The highest BCUT2D eigenvalue weighted by atomic mass is 127. The Bertz CT molecular complexity index is 373. The van der Waals surface area contributed by atoms with Crippen LogP contribution in [-0.2, 0) is 14.2 Å². The molecular formula is C17H35IN4O3. The van der Waals surface area contributed by atoms with E-state index in [1.165, 1.54) is 0 Å². The Labute approximate surface area is 169 Å². The summed E-state index contributed by atoms with van der Waals surface area (Å²) in [6.07, 6.45) is 2.92. The van der Waals surface area contributed by atoms with Crippen molar-refractivity contribution in [2.24, 2.45) is 4.99 Å². The molecule has 0 atom stereocenters. The van der Waals surface area contributed by atoms with Crippen LogP contribution >= 0.6 is 24.0 Å². The molecule has 2 fully saturated rings. The first-order valence-corrected chi connectivity index (χ1v) is 9.23. The fraction of sp³-hybridized carbons (Fsp3) is 0.941. The summed E-state index contributed by atoms with van der Waals surface area (Å²) in [7, 11) is 1.78. The Morgan fingerprint density at radius 3 is 2.44 bits per heavy atom. The van der Waals surface area contributed by atoms with E-state index in [0.29, 0.717) is 6.54 Å². The van der Waals surface area contributed by atoms with Crippen LogP contribution in [0.3, 0.4) is 0 Å². The Morgan fingerprint density at radius 2 is 1.80 bits per heavy atom. The normalized spacial score (nSPS) is 21.4. The molecule has 0 amide bonds. The van der Waals surface area contributed by atoms with E-state index in [1.54, 1.807) is 7.11 Å². The van der Waals surface area contributed by atoms with Crippen LogP contribution in [0.5, 0.6) is 0 Å². The predicted molar refractivity (Wildman–Crippen MR) is 111 cm³/mol. The number of hydrogen-bond acceptors (Lipinski definition) is 5. The van der Waals surface area contributed by atoms with Gasteiger partial charge in [-0.1, -0.05) is 0 Å². The molecule has 2 aliphatic rings. The van der Waals surface area contributed by atoms with E-state index in [0.717, 1.165) is 84.4 Å². The molecule has 0 spiro atoms. The third kappa shape index (κ3) is 8.38. The Kier molecular flexibility index (Phi) is 12.0. The van der Waals surface area contributed by atoms with Crippen molar-refractivity contribution in [1.29, 1.82) is 0 Å². The predicted octanol–water partition coefficient (Wildman–Crippen LogP) is 1.08. The maximum atomic E-state index is 5.75. The van der Waals surface area contributed by atoms with Crippen LogP contribution in [0.15, 0.2) is 4.99 Å². The molecule has 0 saturated carbocycles. The molecule has 2 saturated heterocycles. The lowest BCUT2D eigenvalue weighted by Crippen LogP contribution is -2.44. The van der Waals surface area contributed by atoms with E-state index < -0.39 is 0 Å². The van der Waals surface area contributed by atoms with Crippen molar-refractivity contribution in [1.82, 2.24) is 15.5 Å². The molecule has 0 radical (unpaired) electrons. The number of hydrogen-bond donors (Lipinski definition) is 2. The molecule has 25 heavy (non-hydrogen) atoms. The number of morpholine rings is 1. The van der Waals surface area contributed by atoms with Gasteiger partial charge in [0.25, 0.3) is 0 Å². The maximum absolute atomic E-state index is 5.75. The Hall–Kier alpha value is -0.160. The fourth-order valence-electron chi connectivity index (χ4n) is 3.07. The third-order valence-corrected chi connectivity index (χ3v) is 4.75. The molecule has 0 aromatic heterocycles. The molecule has 0 bridgehead atoms. The number of nitrogens with zero attached hydrogens (tertiary/aromatic N) is 2. The largest absolute Gasteiger partial charge is 0.381 e. The van der Waals surface area contributed by atoms with Crippen molar-refractivity contribution in [2.45, 2.75) is 31.8 Å². The first-order valence-electron chi connectivity index (χ1n) is 9.23. The summed E-state index contributed by atoms with van der Waals surface area (Å²) in [6, 6.07) is 0. The van der Waals surface area contributed by atoms with Gasteiger partial charge in [-0.2, -0.15) is 0 Å². The van der Waals surface area contributed by atoms with Crippen LogP contribution in [0.1, 0.15) is 26.2 Å². The fourth-order valence-corrected chi connectivity index (χ4v) is 3.07. The van der Waals surface area contributed by atoms with Crippen molar-refractivity contribution < 1.29 is 14.2 Å². The first-order chi connectivity index (χ1) is 11.8. The van der Waals surface area contributed by atoms with E-state index >= 15 is 0 Å². The van der Waals surface area contributed by atoms with Gasteiger partial charge in [-0.3, -0.25) is 9.89 Å². The van der Waals surface area contributed by atoms with E-state index in [9.17, 15) is 0 Å². The zero-order valence-corrected chi connectivity index (χ0v) is 18.1. The Morgan fingerprint density at radius 1 is 1.12 bits per heavy atom. The van der Waals surface area contributed by atoms with Gasteiger partial charge in [0.15, 0.2) is 5.96 Å². The highest BCUT2D eigenvalue weighted by Gasteiger charge is 2.32. The molecule has 0 aromatic carbocycles. The SMILES string of the molecule is CCNC(=NCC1(OC)CCOCC1)NCCCN1CCOCC1.I. The van der Waals surface area contributed by atoms with Crippen molar-refractivity contribution >= 4 is 29.9 Å². The van der Waals surface area contributed by atoms with E-state index in [-0.39, 0.29) is 29.6 Å². The second kappa shape index (κ2) is 13.1. The number of methoxy groups -OCH3 is 1. The van der Waals surface area contributed by atoms with Crippen LogP contribution in [0, 0.1) is 0 Å². The van der Waals surface area contributed by atoms with Gasteiger partial charge in [-0.25, -0.2) is 0 Å². The average Bonchev–Trinajstić information content (AvgIpc) is 2.65. The van der Waals surface area contributed by atoms with Crippen molar-refractivity contribution in [3.63, 3.8) is 0 Å². The average molecular weight is 470 g/mol. The third-order valence-electron chi connectivity index (χ3n) is 4.75. The minimum absolute atomic E-state index is 0. The van der Waals surface area contributed by atoms with Gasteiger partial charge in [0, 0.05) is 59.3 Å². The molecule has 2 N–H and O–H groups in total. The first kappa shape index (κ1) is 22.9. The molecule has 148 valence electrons. The van der Waals surface area contributed by atoms with Crippen molar-refractivity contribution in [3.05, 3.63) is 0 Å².